The number of benzene rings is 2. The third-order valence-corrected chi connectivity index (χ3v) is 5.15. The number of aromatic nitrogens is 2. The third kappa shape index (κ3) is 3.64. The molecule has 0 saturated carbocycles. The number of carbonyl (C=O) groups excluding carboxylic acids is 1. The van der Waals surface area contributed by atoms with E-state index in [9.17, 15) is 4.79 Å². The molecule has 0 saturated heterocycles. The van der Waals surface area contributed by atoms with Crippen LogP contribution in [0.25, 0.3) is 4.96 Å². The predicted molar refractivity (Wildman–Crippen MR) is 105 cm³/mol. The van der Waals surface area contributed by atoms with Crippen LogP contribution in [0.5, 0.6) is 0 Å². The van der Waals surface area contributed by atoms with E-state index >= 15 is 0 Å². The maximum Gasteiger partial charge on any atom is 0.226 e. The van der Waals surface area contributed by atoms with Crippen molar-refractivity contribution in [3.05, 3.63) is 94.2 Å². The van der Waals surface area contributed by atoms with Crippen molar-refractivity contribution in [1.29, 1.82) is 0 Å². The van der Waals surface area contributed by atoms with E-state index in [1.54, 1.807) is 11.3 Å². The summed E-state index contributed by atoms with van der Waals surface area (Å²) < 4.78 is 1.93. The molecule has 2 heterocycles. The normalized spacial score (nSPS) is 12.2. The minimum atomic E-state index is -0.232. The molecule has 1 unspecified atom stereocenters. The number of halogens is 1. The Morgan fingerprint density at radius 3 is 2.58 bits per heavy atom. The third-order valence-electron chi connectivity index (χ3n) is 4.13. The highest BCUT2D eigenvalue weighted by Crippen LogP contribution is 2.24. The lowest BCUT2D eigenvalue weighted by Gasteiger charge is -2.20. The van der Waals surface area contributed by atoms with Gasteiger partial charge in [-0.2, -0.15) is 0 Å². The van der Waals surface area contributed by atoms with Gasteiger partial charge in [-0.3, -0.25) is 9.20 Å². The van der Waals surface area contributed by atoms with E-state index in [0.717, 1.165) is 21.8 Å². The molecule has 2 aromatic heterocycles. The van der Waals surface area contributed by atoms with Gasteiger partial charge in [-0.15, -0.1) is 11.3 Å². The molecule has 1 amide bonds. The Balaban J connectivity index is 1.56. The Kier molecular flexibility index (Phi) is 4.73. The molecule has 26 heavy (non-hydrogen) atoms. The Morgan fingerprint density at radius 1 is 1.12 bits per heavy atom. The topological polar surface area (TPSA) is 46.4 Å². The number of amides is 1. The largest absolute Gasteiger partial charge is 0.345 e. The molecule has 1 N–H and O–H groups in total. The van der Waals surface area contributed by atoms with Crippen LogP contribution in [0.15, 0.2) is 72.4 Å². The molecule has 0 aliphatic carbocycles. The van der Waals surface area contributed by atoms with Crippen molar-refractivity contribution < 1.29 is 4.79 Å². The number of carbonyl (C=O) groups is 1. The molecule has 0 bridgehead atoms. The van der Waals surface area contributed by atoms with E-state index in [4.69, 9.17) is 11.6 Å². The van der Waals surface area contributed by atoms with Gasteiger partial charge in [-0.05, 0) is 23.3 Å². The van der Waals surface area contributed by atoms with Crippen molar-refractivity contribution in [1.82, 2.24) is 14.7 Å². The molecule has 4 nitrogen and oxygen atoms in total. The van der Waals surface area contributed by atoms with Crippen LogP contribution in [-0.2, 0) is 11.2 Å². The zero-order valence-corrected chi connectivity index (χ0v) is 15.4. The van der Waals surface area contributed by atoms with Crippen molar-refractivity contribution >= 4 is 33.8 Å². The number of hydrogen-bond acceptors (Lipinski definition) is 3. The second-order valence-electron chi connectivity index (χ2n) is 5.96. The number of thiazole rings is 1. The average Bonchev–Trinajstić information content (AvgIpc) is 3.23. The van der Waals surface area contributed by atoms with Gasteiger partial charge in [0.15, 0.2) is 4.96 Å². The summed E-state index contributed by atoms with van der Waals surface area (Å²) in [7, 11) is 0. The molecular formula is C20H16ClN3OS. The number of imidazole rings is 1. The molecule has 4 aromatic rings. The summed E-state index contributed by atoms with van der Waals surface area (Å²) in [6, 6.07) is 17.2. The van der Waals surface area contributed by atoms with E-state index in [-0.39, 0.29) is 18.4 Å². The van der Waals surface area contributed by atoms with Gasteiger partial charge in [0.1, 0.15) is 0 Å². The molecule has 6 heteroatoms. The first-order valence-electron chi connectivity index (χ1n) is 8.20. The lowest BCUT2D eigenvalue weighted by atomic mass is 9.98. The fraction of sp³-hybridized carbons (Fsp3) is 0.100. The second kappa shape index (κ2) is 7.32. The summed E-state index contributed by atoms with van der Waals surface area (Å²) in [6.07, 6.45) is 4.07. The number of hydrogen-bond donors (Lipinski definition) is 1. The molecule has 0 radical (unpaired) electrons. The fourth-order valence-corrected chi connectivity index (χ4v) is 3.74. The first-order valence-corrected chi connectivity index (χ1v) is 9.45. The van der Waals surface area contributed by atoms with E-state index in [1.807, 2.05) is 76.8 Å². The van der Waals surface area contributed by atoms with Crippen molar-refractivity contribution in [2.45, 2.75) is 12.5 Å². The molecule has 130 valence electrons. The van der Waals surface area contributed by atoms with Crippen molar-refractivity contribution in [2.24, 2.45) is 0 Å². The summed E-state index contributed by atoms with van der Waals surface area (Å²) in [5.74, 6) is -0.0699. The molecule has 4 rings (SSSR count). The zero-order chi connectivity index (χ0) is 17.9. The number of rotatable bonds is 5. The molecular weight excluding hydrogens is 366 g/mol. The van der Waals surface area contributed by atoms with Gasteiger partial charge in [-0.1, -0.05) is 54.1 Å². The predicted octanol–water partition coefficient (Wildman–Crippen LogP) is 4.50. The van der Waals surface area contributed by atoms with E-state index in [0.29, 0.717) is 5.02 Å². The highest BCUT2D eigenvalue weighted by Gasteiger charge is 2.18. The van der Waals surface area contributed by atoms with Crippen LogP contribution in [0.1, 0.15) is 22.9 Å². The van der Waals surface area contributed by atoms with E-state index in [2.05, 4.69) is 10.3 Å². The summed E-state index contributed by atoms with van der Waals surface area (Å²) in [5.41, 5.74) is 2.77. The summed E-state index contributed by atoms with van der Waals surface area (Å²) in [5, 5.41) is 5.77. The summed E-state index contributed by atoms with van der Waals surface area (Å²) in [6.45, 7) is 0. The summed E-state index contributed by atoms with van der Waals surface area (Å²) >= 11 is 7.56. The van der Waals surface area contributed by atoms with Crippen LogP contribution in [0.4, 0.5) is 0 Å². The Bertz CT molecular complexity index is 996. The smallest absolute Gasteiger partial charge is 0.226 e. The van der Waals surface area contributed by atoms with Crippen LogP contribution in [0, 0.1) is 0 Å². The van der Waals surface area contributed by atoms with Crippen LogP contribution >= 0.6 is 22.9 Å². The van der Waals surface area contributed by atoms with Crippen LogP contribution < -0.4 is 5.32 Å². The van der Waals surface area contributed by atoms with Gasteiger partial charge in [-0.25, -0.2) is 4.98 Å². The number of fused-ring (bicyclic) bond motifs is 1. The first-order chi connectivity index (χ1) is 12.7. The number of nitrogens with one attached hydrogen (secondary N) is 1. The SMILES string of the molecule is O=C(Cc1cn2ccsc2n1)NC(c1ccccc1)c1ccc(Cl)cc1. The highest BCUT2D eigenvalue weighted by molar-refractivity contribution is 7.15. The van der Waals surface area contributed by atoms with Crippen molar-refractivity contribution in [2.75, 3.05) is 0 Å². The lowest BCUT2D eigenvalue weighted by Crippen LogP contribution is -2.30. The molecule has 0 aliphatic rings. The van der Waals surface area contributed by atoms with Gasteiger partial charge in [0.25, 0.3) is 0 Å². The Labute approximate surface area is 160 Å². The minimum Gasteiger partial charge on any atom is -0.345 e. The summed E-state index contributed by atoms with van der Waals surface area (Å²) in [4.78, 5) is 18.0. The fourth-order valence-electron chi connectivity index (χ4n) is 2.90. The Hall–Kier alpha value is -2.63. The van der Waals surface area contributed by atoms with Crippen LogP contribution in [0.2, 0.25) is 5.02 Å². The quantitative estimate of drug-likeness (QED) is 0.553. The highest BCUT2D eigenvalue weighted by atomic mass is 35.5. The first kappa shape index (κ1) is 16.8. The standard InChI is InChI=1S/C20H16ClN3OS/c21-16-8-6-15(7-9-16)19(14-4-2-1-3-5-14)23-18(25)12-17-13-24-10-11-26-20(24)22-17/h1-11,13,19H,12H2,(H,23,25). The van der Waals surface area contributed by atoms with Crippen molar-refractivity contribution in [3.8, 4) is 0 Å². The van der Waals surface area contributed by atoms with Gasteiger partial charge in [0.05, 0.1) is 18.2 Å². The van der Waals surface area contributed by atoms with Gasteiger partial charge < -0.3 is 5.32 Å². The maximum absolute atomic E-state index is 12.7. The number of nitrogens with zero attached hydrogens (tertiary/aromatic N) is 2. The Morgan fingerprint density at radius 2 is 1.85 bits per heavy atom. The van der Waals surface area contributed by atoms with Gasteiger partial charge in [0.2, 0.25) is 5.91 Å². The van der Waals surface area contributed by atoms with E-state index in [1.165, 1.54) is 0 Å². The maximum atomic E-state index is 12.7. The molecule has 1 atom stereocenters. The van der Waals surface area contributed by atoms with Gasteiger partial charge in [0, 0.05) is 22.8 Å². The average molecular weight is 382 g/mol. The van der Waals surface area contributed by atoms with Gasteiger partial charge >= 0.3 is 0 Å². The molecule has 0 fully saturated rings. The monoisotopic (exact) mass is 381 g/mol. The zero-order valence-electron chi connectivity index (χ0n) is 13.8. The van der Waals surface area contributed by atoms with E-state index < -0.39 is 0 Å². The lowest BCUT2D eigenvalue weighted by molar-refractivity contribution is -0.121. The molecule has 2 aromatic carbocycles. The molecule has 0 aliphatic heterocycles. The van der Waals surface area contributed by atoms with Crippen LogP contribution in [0.3, 0.4) is 0 Å². The minimum absolute atomic E-state index is 0.0699. The second-order valence-corrected chi connectivity index (χ2v) is 7.27. The van der Waals surface area contributed by atoms with Crippen molar-refractivity contribution in [3.63, 3.8) is 0 Å². The molecule has 0 spiro atoms. The van der Waals surface area contributed by atoms with Crippen LogP contribution in [-0.4, -0.2) is 15.3 Å².